The molecule has 102 valence electrons. The van der Waals surface area contributed by atoms with Crippen molar-refractivity contribution >= 4 is 0 Å². The van der Waals surface area contributed by atoms with Crippen LogP contribution in [-0.2, 0) is 12.7 Å². The first-order chi connectivity index (χ1) is 8.93. The van der Waals surface area contributed by atoms with E-state index in [4.69, 9.17) is 0 Å². The molecule has 1 aromatic carbocycles. The number of aryl methyl sites for hydroxylation is 1. The fraction of sp³-hybridized carbons (Fsp3) is 0.308. The summed E-state index contributed by atoms with van der Waals surface area (Å²) >= 11 is 0. The van der Waals surface area contributed by atoms with E-state index in [0.29, 0.717) is 5.69 Å². The predicted molar refractivity (Wildman–Crippen MR) is 66.1 cm³/mol. The number of nitrogens with one attached hydrogen (secondary N) is 1. The van der Waals surface area contributed by atoms with Crippen LogP contribution in [0.15, 0.2) is 30.5 Å². The standard InChI is InChI=1S/C13H14F3N3/c1-9-4-3-5-11(6-9)19-12(13(14,15)16)10(7-17-2)8-18-19/h3-6,8,17H,7H2,1-2H3. The first kappa shape index (κ1) is 13.6. The van der Waals surface area contributed by atoms with Gasteiger partial charge in [-0.2, -0.15) is 18.3 Å². The monoisotopic (exact) mass is 269 g/mol. The van der Waals surface area contributed by atoms with Crippen molar-refractivity contribution in [3.05, 3.63) is 47.3 Å². The fourth-order valence-electron chi connectivity index (χ4n) is 1.96. The largest absolute Gasteiger partial charge is 0.433 e. The summed E-state index contributed by atoms with van der Waals surface area (Å²) in [7, 11) is 1.60. The van der Waals surface area contributed by atoms with Crippen molar-refractivity contribution in [2.24, 2.45) is 0 Å². The Morgan fingerprint density at radius 2 is 2.05 bits per heavy atom. The molecule has 0 fully saturated rings. The lowest BCUT2D eigenvalue weighted by molar-refractivity contribution is -0.143. The van der Waals surface area contributed by atoms with E-state index in [1.807, 2.05) is 13.0 Å². The fourth-order valence-corrected chi connectivity index (χ4v) is 1.96. The second-order valence-corrected chi connectivity index (χ2v) is 4.30. The average molecular weight is 269 g/mol. The Hall–Kier alpha value is -1.82. The van der Waals surface area contributed by atoms with Gasteiger partial charge in [0.25, 0.3) is 0 Å². The Balaban J connectivity index is 2.58. The second-order valence-electron chi connectivity index (χ2n) is 4.30. The summed E-state index contributed by atoms with van der Waals surface area (Å²) in [5, 5.41) is 6.59. The van der Waals surface area contributed by atoms with Gasteiger partial charge in [0.15, 0.2) is 5.69 Å². The number of halogens is 3. The molecule has 19 heavy (non-hydrogen) atoms. The number of hydrogen-bond donors (Lipinski definition) is 1. The molecular weight excluding hydrogens is 255 g/mol. The maximum Gasteiger partial charge on any atom is 0.433 e. The van der Waals surface area contributed by atoms with Crippen LogP contribution >= 0.6 is 0 Å². The molecule has 1 heterocycles. The van der Waals surface area contributed by atoms with Gasteiger partial charge in [0.05, 0.1) is 11.9 Å². The molecule has 2 aromatic rings. The molecular formula is C13H14F3N3. The van der Waals surface area contributed by atoms with Crippen LogP contribution in [0, 0.1) is 6.92 Å². The summed E-state index contributed by atoms with van der Waals surface area (Å²) in [6, 6.07) is 6.82. The molecule has 2 rings (SSSR count). The molecule has 0 spiro atoms. The van der Waals surface area contributed by atoms with Crippen LogP contribution in [0.25, 0.3) is 5.69 Å². The number of nitrogens with zero attached hydrogens (tertiary/aromatic N) is 2. The topological polar surface area (TPSA) is 29.9 Å². The van der Waals surface area contributed by atoms with Crippen LogP contribution < -0.4 is 5.32 Å². The van der Waals surface area contributed by atoms with Gasteiger partial charge < -0.3 is 5.32 Å². The van der Waals surface area contributed by atoms with Gasteiger partial charge in [-0.3, -0.25) is 0 Å². The molecule has 0 aliphatic heterocycles. The van der Waals surface area contributed by atoms with E-state index in [0.717, 1.165) is 10.2 Å². The molecule has 1 aromatic heterocycles. The van der Waals surface area contributed by atoms with Crippen LogP contribution in [0.3, 0.4) is 0 Å². The number of aromatic nitrogens is 2. The molecule has 0 bridgehead atoms. The summed E-state index contributed by atoms with van der Waals surface area (Å²) in [6.07, 6.45) is -3.19. The normalized spacial score (nSPS) is 11.8. The van der Waals surface area contributed by atoms with E-state index in [1.54, 1.807) is 25.2 Å². The summed E-state index contributed by atoms with van der Waals surface area (Å²) in [5.41, 5.74) is 0.704. The lowest BCUT2D eigenvalue weighted by atomic mass is 10.2. The molecule has 0 saturated carbocycles. The van der Waals surface area contributed by atoms with Crippen molar-refractivity contribution in [2.45, 2.75) is 19.6 Å². The van der Waals surface area contributed by atoms with Crippen molar-refractivity contribution in [3.63, 3.8) is 0 Å². The third-order valence-electron chi connectivity index (χ3n) is 2.73. The summed E-state index contributed by atoms with van der Waals surface area (Å²) < 4.78 is 40.4. The quantitative estimate of drug-likeness (QED) is 0.928. The molecule has 0 aliphatic carbocycles. The summed E-state index contributed by atoms with van der Waals surface area (Å²) in [6.45, 7) is 1.95. The summed E-state index contributed by atoms with van der Waals surface area (Å²) in [4.78, 5) is 0. The molecule has 0 saturated heterocycles. The number of rotatable bonds is 3. The first-order valence-corrected chi connectivity index (χ1v) is 5.79. The highest BCUT2D eigenvalue weighted by Crippen LogP contribution is 2.33. The van der Waals surface area contributed by atoms with Crippen molar-refractivity contribution < 1.29 is 13.2 Å². The maximum atomic E-state index is 13.2. The van der Waals surface area contributed by atoms with Crippen molar-refractivity contribution in [1.82, 2.24) is 15.1 Å². The van der Waals surface area contributed by atoms with Gasteiger partial charge >= 0.3 is 6.18 Å². The van der Waals surface area contributed by atoms with Crippen molar-refractivity contribution in [3.8, 4) is 5.69 Å². The third-order valence-corrected chi connectivity index (χ3v) is 2.73. The van der Waals surface area contributed by atoms with Gasteiger partial charge in [-0.15, -0.1) is 0 Å². The molecule has 0 aliphatic rings. The minimum Gasteiger partial charge on any atom is -0.316 e. The first-order valence-electron chi connectivity index (χ1n) is 5.79. The maximum absolute atomic E-state index is 13.2. The van der Waals surface area contributed by atoms with Crippen LogP contribution in [-0.4, -0.2) is 16.8 Å². The van der Waals surface area contributed by atoms with E-state index in [-0.39, 0.29) is 12.1 Å². The summed E-state index contributed by atoms with van der Waals surface area (Å²) in [5.74, 6) is 0. The van der Waals surface area contributed by atoms with Crippen LogP contribution in [0.1, 0.15) is 16.8 Å². The number of alkyl halides is 3. The molecule has 0 amide bonds. The van der Waals surface area contributed by atoms with Gasteiger partial charge in [-0.1, -0.05) is 12.1 Å². The minimum atomic E-state index is -4.44. The van der Waals surface area contributed by atoms with Crippen LogP contribution in [0.4, 0.5) is 13.2 Å². The Labute approximate surface area is 109 Å². The van der Waals surface area contributed by atoms with E-state index < -0.39 is 11.9 Å². The zero-order valence-corrected chi connectivity index (χ0v) is 10.6. The highest BCUT2D eigenvalue weighted by molar-refractivity contribution is 5.38. The van der Waals surface area contributed by atoms with E-state index in [9.17, 15) is 13.2 Å². The number of benzene rings is 1. The number of hydrogen-bond acceptors (Lipinski definition) is 2. The predicted octanol–water partition coefficient (Wildman–Crippen LogP) is 2.92. The van der Waals surface area contributed by atoms with E-state index in [2.05, 4.69) is 10.4 Å². The molecule has 0 radical (unpaired) electrons. The van der Waals surface area contributed by atoms with Crippen molar-refractivity contribution in [1.29, 1.82) is 0 Å². The molecule has 3 nitrogen and oxygen atoms in total. The Kier molecular flexibility index (Phi) is 3.61. The van der Waals surface area contributed by atoms with E-state index in [1.165, 1.54) is 6.20 Å². The average Bonchev–Trinajstić information content (AvgIpc) is 2.73. The van der Waals surface area contributed by atoms with Crippen molar-refractivity contribution in [2.75, 3.05) is 7.05 Å². The Bertz CT molecular complexity index is 573. The lowest BCUT2D eigenvalue weighted by Crippen LogP contribution is -2.17. The van der Waals surface area contributed by atoms with Crippen LogP contribution in [0.2, 0.25) is 0 Å². The molecule has 0 atom stereocenters. The van der Waals surface area contributed by atoms with Gasteiger partial charge in [0, 0.05) is 12.1 Å². The second kappa shape index (κ2) is 5.05. The van der Waals surface area contributed by atoms with Gasteiger partial charge in [-0.05, 0) is 31.7 Å². The zero-order chi connectivity index (χ0) is 14.0. The Morgan fingerprint density at radius 1 is 1.32 bits per heavy atom. The lowest BCUT2D eigenvalue weighted by Gasteiger charge is -2.13. The van der Waals surface area contributed by atoms with Gasteiger partial charge in [-0.25, -0.2) is 4.68 Å². The molecule has 0 unspecified atom stereocenters. The third kappa shape index (κ3) is 2.78. The minimum absolute atomic E-state index is 0.126. The van der Waals surface area contributed by atoms with Crippen LogP contribution in [0.5, 0.6) is 0 Å². The zero-order valence-electron chi connectivity index (χ0n) is 10.6. The highest BCUT2D eigenvalue weighted by Gasteiger charge is 2.38. The molecule has 6 heteroatoms. The molecule has 1 N–H and O–H groups in total. The van der Waals surface area contributed by atoms with Gasteiger partial charge in [0.2, 0.25) is 0 Å². The Morgan fingerprint density at radius 3 is 2.63 bits per heavy atom. The van der Waals surface area contributed by atoms with Gasteiger partial charge in [0.1, 0.15) is 0 Å². The SMILES string of the molecule is CNCc1cnn(-c2cccc(C)c2)c1C(F)(F)F. The smallest absolute Gasteiger partial charge is 0.316 e. The highest BCUT2D eigenvalue weighted by atomic mass is 19.4. The van der Waals surface area contributed by atoms with E-state index >= 15 is 0 Å².